The van der Waals surface area contributed by atoms with E-state index in [1.807, 2.05) is 23.1 Å². The average Bonchev–Trinajstić information content (AvgIpc) is 2.97. The number of hydrogen-bond donors (Lipinski definition) is 2. The van der Waals surface area contributed by atoms with Crippen LogP contribution in [0, 0.1) is 0 Å². The summed E-state index contributed by atoms with van der Waals surface area (Å²) in [6.45, 7) is 1.42. The van der Waals surface area contributed by atoms with E-state index in [1.54, 1.807) is 14.1 Å². The van der Waals surface area contributed by atoms with Crippen LogP contribution < -0.4 is 14.9 Å². The van der Waals surface area contributed by atoms with E-state index < -0.39 is 10.0 Å². The van der Waals surface area contributed by atoms with E-state index in [0.29, 0.717) is 12.5 Å². The van der Waals surface area contributed by atoms with Gasteiger partial charge in [-0.05, 0) is 18.1 Å². The second-order valence-corrected chi connectivity index (χ2v) is 7.88. The largest absolute Gasteiger partial charge is 0.355 e. The smallest absolute Gasteiger partial charge is 0.243 e. The van der Waals surface area contributed by atoms with Crippen molar-refractivity contribution < 1.29 is 13.2 Å². The summed E-state index contributed by atoms with van der Waals surface area (Å²) in [5.41, 5.74) is 2.28. The summed E-state index contributed by atoms with van der Waals surface area (Å²) in [5, 5.41) is 3.15. The van der Waals surface area contributed by atoms with Gasteiger partial charge < -0.3 is 15.1 Å². The summed E-state index contributed by atoms with van der Waals surface area (Å²) in [4.78, 5) is 19.8. The molecule has 2 rings (SSSR count). The summed E-state index contributed by atoms with van der Waals surface area (Å²) < 4.78 is 24.7. The quantitative estimate of drug-likeness (QED) is 0.256. The minimum Gasteiger partial charge on any atom is -0.355 e. The predicted octanol–water partition coefficient (Wildman–Crippen LogP) is 0.250. The molecule has 0 saturated carbocycles. The van der Waals surface area contributed by atoms with Crippen molar-refractivity contribution >= 4 is 51.6 Å². The van der Waals surface area contributed by atoms with Crippen LogP contribution in [0.2, 0.25) is 0 Å². The Kier molecular flexibility index (Phi) is 8.77. The maximum atomic E-state index is 11.9. The van der Waals surface area contributed by atoms with Crippen LogP contribution in [0.3, 0.4) is 0 Å². The molecule has 0 radical (unpaired) electrons. The SMILES string of the molecule is CN(C)C(=O)CN=C(NCCNS(C)(=O)=O)N1CCc2ccccc21.I. The first-order valence-electron chi connectivity index (χ1n) is 8.06. The first-order chi connectivity index (χ1) is 11.8. The summed E-state index contributed by atoms with van der Waals surface area (Å²) in [5.74, 6) is 0.483. The molecule has 2 N–H and O–H groups in total. The molecule has 0 fully saturated rings. The second-order valence-electron chi connectivity index (χ2n) is 6.05. The molecule has 0 saturated heterocycles. The number of para-hydroxylation sites is 1. The number of sulfonamides is 1. The van der Waals surface area contributed by atoms with Crippen LogP contribution in [0.5, 0.6) is 0 Å². The third kappa shape index (κ3) is 6.72. The topological polar surface area (TPSA) is 94.1 Å². The molecular weight excluding hydrogens is 469 g/mol. The lowest BCUT2D eigenvalue weighted by atomic mass is 10.2. The Morgan fingerprint density at radius 1 is 1.27 bits per heavy atom. The van der Waals surface area contributed by atoms with Gasteiger partial charge in [0.15, 0.2) is 5.96 Å². The predicted molar refractivity (Wildman–Crippen MR) is 115 cm³/mol. The molecule has 0 aromatic heterocycles. The number of likely N-dealkylation sites (N-methyl/N-ethyl adjacent to an activating group) is 1. The normalized spacial score (nSPS) is 13.8. The summed E-state index contributed by atoms with van der Waals surface area (Å²) in [7, 11) is 0.142. The van der Waals surface area contributed by atoms with Gasteiger partial charge in [-0.25, -0.2) is 18.1 Å². The number of nitrogens with zero attached hydrogens (tertiary/aromatic N) is 3. The van der Waals surface area contributed by atoms with E-state index in [-0.39, 0.29) is 43.0 Å². The summed E-state index contributed by atoms with van der Waals surface area (Å²) in [6, 6.07) is 8.05. The molecule has 0 aliphatic carbocycles. The van der Waals surface area contributed by atoms with E-state index in [0.717, 1.165) is 24.9 Å². The van der Waals surface area contributed by atoms with Crippen molar-refractivity contribution in [3.05, 3.63) is 29.8 Å². The number of amides is 1. The number of benzene rings is 1. The van der Waals surface area contributed by atoms with Gasteiger partial charge in [0.2, 0.25) is 15.9 Å². The van der Waals surface area contributed by atoms with Crippen molar-refractivity contribution in [3.8, 4) is 0 Å². The number of carbonyl (C=O) groups excluding carboxylic acids is 1. The summed E-state index contributed by atoms with van der Waals surface area (Å²) >= 11 is 0. The number of halogens is 1. The highest BCUT2D eigenvalue weighted by atomic mass is 127. The molecule has 1 aromatic carbocycles. The van der Waals surface area contributed by atoms with Gasteiger partial charge in [0.1, 0.15) is 6.54 Å². The van der Waals surface area contributed by atoms with Crippen molar-refractivity contribution in [2.75, 3.05) is 51.4 Å². The fourth-order valence-electron chi connectivity index (χ4n) is 2.49. The first-order valence-corrected chi connectivity index (χ1v) is 9.95. The fraction of sp³-hybridized carbons (Fsp3) is 0.500. The number of guanidine groups is 1. The zero-order valence-electron chi connectivity index (χ0n) is 15.2. The molecule has 10 heteroatoms. The number of nitrogens with one attached hydrogen (secondary N) is 2. The van der Waals surface area contributed by atoms with Gasteiger partial charge in [0, 0.05) is 39.4 Å². The molecular formula is C16H26IN5O3S. The zero-order chi connectivity index (χ0) is 18.4. The Bertz CT molecular complexity index is 752. The van der Waals surface area contributed by atoms with E-state index >= 15 is 0 Å². The highest BCUT2D eigenvalue weighted by molar-refractivity contribution is 14.0. The van der Waals surface area contributed by atoms with E-state index in [2.05, 4.69) is 21.1 Å². The highest BCUT2D eigenvalue weighted by Gasteiger charge is 2.22. The van der Waals surface area contributed by atoms with Crippen LogP contribution >= 0.6 is 24.0 Å². The molecule has 0 atom stereocenters. The van der Waals surface area contributed by atoms with Crippen LogP contribution in [-0.2, 0) is 21.2 Å². The Morgan fingerprint density at radius 3 is 2.62 bits per heavy atom. The molecule has 0 unspecified atom stereocenters. The van der Waals surface area contributed by atoms with Crippen LogP contribution in [0.25, 0.3) is 0 Å². The number of aliphatic imine (C=N–C) groups is 1. The number of hydrogen-bond acceptors (Lipinski definition) is 4. The molecule has 146 valence electrons. The molecule has 26 heavy (non-hydrogen) atoms. The number of carbonyl (C=O) groups is 1. The number of rotatable bonds is 6. The van der Waals surface area contributed by atoms with Crippen molar-refractivity contribution in [1.82, 2.24) is 14.9 Å². The monoisotopic (exact) mass is 495 g/mol. The second kappa shape index (κ2) is 10.1. The minimum absolute atomic E-state index is 0. The van der Waals surface area contributed by atoms with E-state index in [1.165, 1.54) is 10.5 Å². The van der Waals surface area contributed by atoms with Crippen molar-refractivity contribution in [3.63, 3.8) is 0 Å². The minimum atomic E-state index is -3.23. The van der Waals surface area contributed by atoms with Crippen molar-refractivity contribution in [1.29, 1.82) is 0 Å². The third-order valence-corrected chi connectivity index (χ3v) is 4.51. The van der Waals surface area contributed by atoms with Gasteiger partial charge in [-0.1, -0.05) is 18.2 Å². The lowest BCUT2D eigenvalue weighted by Gasteiger charge is -2.23. The van der Waals surface area contributed by atoms with E-state index in [9.17, 15) is 13.2 Å². The Hall–Kier alpha value is -1.40. The van der Waals surface area contributed by atoms with Gasteiger partial charge in [0.05, 0.1) is 6.26 Å². The van der Waals surface area contributed by atoms with Crippen LogP contribution in [0.1, 0.15) is 5.56 Å². The maximum absolute atomic E-state index is 11.9. The van der Waals surface area contributed by atoms with E-state index in [4.69, 9.17) is 0 Å². The molecule has 1 aromatic rings. The Labute approximate surface area is 172 Å². The van der Waals surface area contributed by atoms with Gasteiger partial charge in [0.25, 0.3) is 0 Å². The Morgan fingerprint density at radius 2 is 1.96 bits per heavy atom. The first kappa shape index (κ1) is 22.6. The Balaban J connectivity index is 0.00000338. The lowest BCUT2D eigenvalue weighted by molar-refractivity contribution is -0.127. The number of fused-ring (bicyclic) bond motifs is 1. The average molecular weight is 495 g/mol. The standard InChI is InChI=1S/C16H25N5O3S.HI/c1-20(2)15(22)12-18-16(17-9-10-19-25(3,23)24)21-11-8-13-6-4-5-7-14(13)21;/h4-7,19H,8-12H2,1-3H3,(H,17,18);1H. The fourth-order valence-corrected chi connectivity index (χ4v) is 2.96. The lowest BCUT2D eigenvalue weighted by Crippen LogP contribution is -2.44. The van der Waals surface area contributed by atoms with Crippen LogP contribution in [0.15, 0.2) is 29.3 Å². The van der Waals surface area contributed by atoms with Crippen LogP contribution in [0.4, 0.5) is 5.69 Å². The van der Waals surface area contributed by atoms with Gasteiger partial charge >= 0.3 is 0 Å². The van der Waals surface area contributed by atoms with Crippen molar-refractivity contribution in [2.24, 2.45) is 4.99 Å². The summed E-state index contributed by atoms with van der Waals surface area (Å²) in [6.07, 6.45) is 2.02. The molecule has 1 aliphatic heterocycles. The highest BCUT2D eigenvalue weighted by Crippen LogP contribution is 2.27. The molecule has 1 heterocycles. The van der Waals surface area contributed by atoms with Crippen molar-refractivity contribution in [2.45, 2.75) is 6.42 Å². The third-order valence-electron chi connectivity index (χ3n) is 3.78. The van der Waals surface area contributed by atoms with Gasteiger partial charge in [-0.15, -0.1) is 24.0 Å². The maximum Gasteiger partial charge on any atom is 0.243 e. The van der Waals surface area contributed by atoms with Gasteiger partial charge in [-0.3, -0.25) is 4.79 Å². The zero-order valence-corrected chi connectivity index (χ0v) is 18.4. The molecule has 0 spiro atoms. The molecule has 1 aliphatic rings. The molecule has 8 nitrogen and oxygen atoms in total. The van der Waals surface area contributed by atoms with Gasteiger partial charge in [-0.2, -0.15) is 0 Å². The number of anilines is 1. The molecule has 1 amide bonds. The van der Waals surface area contributed by atoms with Crippen LogP contribution in [-0.4, -0.2) is 71.7 Å². The molecule has 0 bridgehead atoms.